The van der Waals surface area contributed by atoms with Gasteiger partial charge in [-0.1, -0.05) is 72.8 Å². The normalized spacial score (nSPS) is 12.1. The molecule has 1 aromatic heterocycles. The van der Waals surface area contributed by atoms with Crippen LogP contribution in [-0.4, -0.2) is 39.8 Å². The van der Waals surface area contributed by atoms with Crippen LogP contribution in [0.3, 0.4) is 0 Å². The second kappa shape index (κ2) is 10.8. The lowest BCUT2D eigenvalue weighted by Crippen LogP contribution is -2.30. The van der Waals surface area contributed by atoms with Crippen molar-refractivity contribution in [1.29, 1.82) is 0 Å². The van der Waals surface area contributed by atoms with E-state index in [0.717, 1.165) is 17.5 Å². The van der Waals surface area contributed by atoms with Crippen molar-refractivity contribution in [2.45, 2.75) is 31.9 Å². The molecule has 170 valence electrons. The summed E-state index contributed by atoms with van der Waals surface area (Å²) in [4.78, 5) is 17.4. The van der Waals surface area contributed by atoms with Gasteiger partial charge >= 0.3 is 0 Å². The lowest BCUT2D eigenvalue weighted by atomic mass is 9.88. The minimum absolute atomic E-state index is 0.0712. The van der Waals surface area contributed by atoms with Crippen LogP contribution in [0, 0.1) is 0 Å². The zero-order valence-electron chi connectivity index (χ0n) is 18.8. The minimum atomic E-state index is -0.514. The molecule has 0 radical (unpaired) electrons. The largest absolute Gasteiger partial charge is 0.392 e. The highest BCUT2D eigenvalue weighted by molar-refractivity contribution is 5.83. The predicted molar refractivity (Wildman–Crippen MR) is 132 cm³/mol. The van der Waals surface area contributed by atoms with Crippen LogP contribution in [-0.2, 0) is 11.3 Å². The molecule has 33 heavy (non-hydrogen) atoms. The quantitative estimate of drug-likeness (QED) is 0.344. The molecular weight excluding hydrogens is 412 g/mol. The first-order valence-electron chi connectivity index (χ1n) is 11.4. The first-order chi connectivity index (χ1) is 16.1. The van der Waals surface area contributed by atoms with E-state index in [1.807, 2.05) is 41.0 Å². The van der Waals surface area contributed by atoms with Gasteiger partial charge in [-0.2, -0.15) is 0 Å². The van der Waals surface area contributed by atoms with Gasteiger partial charge in [-0.05, 0) is 36.6 Å². The van der Waals surface area contributed by atoms with Crippen LogP contribution in [0.2, 0.25) is 0 Å². The number of nitrogens with zero attached hydrogens (tertiary/aromatic N) is 2. The molecule has 1 unspecified atom stereocenters. The highest BCUT2D eigenvalue weighted by atomic mass is 16.3. The van der Waals surface area contributed by atoms with Crippen molar-refractivity contribution in [3.8, 4) is 0 Å². The number of amides is 1. The second-order valence-corrected chi connectivity index (χ2v) is 8.25. The van der Waals surface area contributed by atoms with E-state index >= 15 is 0 Å². The maximum atomic E-state index is 12.9. The highest BCUT2D eigenvalue weighted by Gasteiger charge is 2.16. The number of anilines is 1. The van der Waals surface area contributed by atoms with Gasteiger partial charge in [-0.15, -0.1) is 0 Å². The molecule has 6 nitrogen and oxygen atoms in total. The van der Waals surface area contributed by atoms with E-state index in [2.05, 4.69) is 64.1 Å². The van der Waals surface area contributed by atoms with Crippen LogP contribution in [0.25, 0.3) is 11.0 Å². The van der Waals surface area contributed by atoms with Gasteiger partial charge in [0.2, 0.25) is 11.9 Å². The highest BCUT2D eigenvalue weighted by Crippen LogP contribution is 2.27. The summed E-state index contributed by atoms with van der Waals surface area (Å²) in [6.45, 7) is 2.80. The number of imidazole rings is 1. The lowest BCUT2D eigenvalue weighted by Gasteiger charge is -2.19. The van der Waals surface area contributed by atoms with Gasteiger partial charge in [0.25, 0.3) is 0 Å². The third kappa shape index (κ3) is 5.79. The first-order valence-corrected chi connectivity index (χ1v) is 11.4. The molecule has 4 rings (SSSR count). The molecule has 0 aliphatic carbocycles. The Morgan fingerprint density at radius 3 is 2.18 bits per heavy atom. The molecule has 1 heterocycles. The van der Waals surface area contributed by atoms with E-state index in [9.17, 15) is 9.90 Å². The van der Waals surface area contributed by atoms with E-state index in [0.29, 0.717) is 19.0 Å². The van der Waals surface area contributed by atoms with Crippen molar-refractivity contribution in [3.63, 3.8) is 0 Å². The molecule has 0 saturated heterocycles. The number of benzene rings is 3. The average Bonchev–Trinajstić information content (AvgIpc) is 3.19. The first kappa shape index (κ1) is 22.6. The van der Waals surface area contributed by atoms with Crippen LogP contribution < -0.4 is 10.6 Å². The molecule has 0 aliphatic rings. The second-order valence-electron chi connectivity index (χ2n) is 8.25. The van der Waals surface area contributed by atoms with E-state index < -0.39 is 6.10 Å². The summed E-state index contributed by atoms with van der Waals surface area (Å²) in [5.74, 6) is 0.724. The van der Waals surface area contributed by atoms with Gasteiger partial charge in [-0.3, -0.25) is 4.79 Å². The van der Waals surface area contributed by atoms with Crippen molar-refractivity contribution in [1.82, 2.24) is 14.9 Å². The van der Waals surface area contributed by atoms with Crippen LogP contribution in [0.5, 0.6) is 0 Å². The molecule has 0 bridgehead atoms. The van der Waals surface area contributed by atoms with Gasteiger partial charge in [0.05, 0.1) is 17.1 Å². The summed E-state index contributed by atoms with van der Waals surface area (Å²) in [6.07, 6.45) is 0.289. The number of aliphatic hydroxyl groups excluding tert-OH is 1. The standard InChI is InChI=1S/C27H30N4O2/c1-20(32)18-29-27-30-24-14-8-9-15-25(24)31(27)19-26(33)28-17-16-23(21-10-4-2-5-11-21)22-12-6-3-7-13-22/h2-15,20,23,32H,16-19H2,1H3,(H,28,33)(H,29,30). The Labute approximate surface area is 194 Å². The Hall–Kier alpha value is -3.64. The number of rotatable bonds is 10. The number of hydrogen-bond donors (Lipinski definition) is 3. The number of hydrogen-bond acceptors (Lipinski definition) is 4. The smallest absolute Gasteiger partial charge is 0.240 e. The third-order valence-electron chi connectivity index (χ3n) is 5.67. The molecule has 3 N–H and O–H groups in total. The van der Waals surface area contributed by atoms with Gasteiger partial charge in [0.15, 0.2) is 0 Å². The average molecular weight is 443 g/mol. The van der Waals surface area contributed by atoms with Crippen molar-refractivity contribution in [2.75, 3.05) is 18.4 Å². The van der Waals surface area contributed by atoms with Crippen LogP contribution in [0.1, 0.15) is 30.4 Å². The van der Waals surface area contributed by atoms with Crippen molar-refractivity contribution < 1.29 is 9.90 Å². The number of nitrogens with one attached hydrogen (secondary N) is 2. The summed E-state index contributed by atoms with van der Waals surface area (Å²) >= 11 is 0. The molecule has 0 aliphatic heterocycles. The van der Waals surface area contributed by atoms with Crippen LogP contribution in [0.15, 0.2) is 84.9 Å². The zero-order chi connectivity index (χ0) is 23.0. The number of fused-ring (bicyclic) bond motifs is 1. The Balaban J connectivity index is 1.44. The third-order valence-corrected chi connectivity index (χ3v) is 5.67. The number of carbonyl (C=O) groups excluding carboxylic acids is 1. The number of aliphatic hydroxyl groups is 1. The Bertz CT molecular complexity index is 1130. The molecule has 3 aromatic carbocycles. The van der Waals surface area contributed by atoms with Crippen molar-refractivity contribution in [3.05, 3.63) is 96.1 Å². The summed E-state index contributed by atoms with van der Waals surface area (Å²) in [6, 6.07) is 28.5. The van der Waals surface area contributed by atoms with Gasteiger partial charge in [-0.25, -0.2) is 4.98 Å². The predicted octanol–water partition coefficient (Wildman–Crippen LogP) is 4.17. The maximum absolute atomic E-state index is 12.9. The monoisotopic (exact) mass is 442 g/mol. The molecule has 1 amide bonds. The molecule has 0 spiro atoms. The van der Waals surface area contributed by atoms with Crippen molar-refractivity contribution >= 4 is 22.9 Å². The van der Waals surface area contributed by atoms with Crippen molar-refractivity contribution in [2.24, 2.45) is 0 Å². The van der Waals surface area contributed by atoms with E-state index in [-0.39, 0.29) is 18.4 Å². The fraction of sp³-hybridized carbons (Fsp3) is 0.259. The number of para-hydroxylation sites is 2. The van der Waals surface area contributed by atoms with Crippen LogP contribution >= 0.6 is 0 Å². The molecule has 1 atom stereocenters. The molecule has 6 heteroatoms. The van der Waals surface area contributed by atoms with E-state index in [4.69, 9.17) is 0 Å². The topological polar surface area (TPSA) is 79.2 Å². The fourth-order valence-corrected chi connectivity index (χ4v) is 4.06. The molecule has 0 fully saturated rings. The maximum Gasteiger partial charge on any atom is 0.240 e. The lowest BCUT2D eigenvalue weighted by molar-refractivity contribution is -0.121. The molecule has 4 aromatic rings. The van der Waals surface area contributed by atoms with Crippen LogP contribution in [0.4, 0.5) is 5.95 Å². The van der Waals surface area contributed by atoms with E-state index in [1.54, 1.807) is 6.92 Å². The summed E-state index contributed by atoms with van der Waals surface area (Å²) in [5, 5.41) is 15.9. The summed E-state index contributed by atoms with van der Waals surface area (Å²) < 4.78 is 1.86. The Kier molecular flexibility index (Phi) is 7.37. The SMILES string of the molecule is CC(O)CNc1nc2ccccc2n1CC(=O)NCCC(c1ccccc1)c1ccccc1. The summed E-state index contributed by atoms with van der Waals surface area (Å²) in [7, 11) is 0. The van der Waals surface area contributed by atoms with Gasteiger partial charge in [0.1, 0.15) is 6.54 Å². The Morgan fingerprint density at radius 2 is 1.55 bits per heavy atom. The number of aromatic nitrogens is 2. The Morgan fingerprint density at radius 1 is 0.939 bits per heavy atom. The summed E-state index contributed by atoms with van der Waals surface area (Å²) in [5.41, 5.74) is 4.17. The fourth-order valence-electron chi connectivity index (χ4n) is 4.06. The van der Waals surface area contributed by atoms with E-state index in [1.165, 1.54) is 11.1 Å². The van der Waals surface area contributed by atoms with Gasteiger partial charge in [0, 0.05) is 19.0 Å². The molecular formula is C27H30N4O2. The molecule has 0 saturated carbocycles. The minimum Gasteiger partial charge on any atom is -0.392 e. The van der Waals surface area contributed by atoms with Gasteiger partial charge < -0.3 is 20.3 Å². The zero-order valence-corrected chi connectivity index (χ0v) is 18.8. The number of carbonyl (C=O) groups is 1.